The Morgan fingerprint density at radius 1 is 1.40 bits per heavy atom. The summed E-state index contributed by atoms with van der Waals surface area (Å²) in [7, 11) is 1.39. The number of hydrogen-bond acceptors (Lipinski definition) is 3. The fraction of sp³-hybridized carbons (Fsp3) is 0.583. The summed E-state index contributed by atoms with van der Waals surface area (Å²) in [6.45, 7) is 6.28. The average Bonchev–Trinajstić information content (AvgIpc) is 2.61. The molecule has 0 bridgehead atoms. The molecule has 84 valence electrons. The molecule has 0 amide bonds. The zero-order valence-electron chi connectivity index (χ0n) is 9.79. The number of carbonyl (C=O) groups excluding carboxylic acids is 1. The van der Waals surface area contributed by atoms with Gasteiger partial charge in [-0.25, -0.2) is 0 Å². The third kappa shape index (κ3) is 3.42. The van der Waals surface area contributed by atoms with E-state index in [0.29, 0.717) is 12.8 Å². The van der Waals surface area contributed by atoms with Crippen LogP contribution >= 0.6 is 0 Å². The molecule has 0 aliphatic heterocycles. The molecule has 0 atom stereocenters. The molecular weight excluding hydrogens is 192 g/mol. The number of ether oxygens (including phenoxy) is 1. The molecule has 1 aromatic heterocycles. The molecule has 1 aromatic rings. The van der Waals surface area contributed by atoms with Crippen molar-refractivity contribution >= 4 is 5.97 Å². The van der Waals surface area contributed by atoms with Crippen LogP contribution in [0.5, 0.6) is 0 Å². The Balaban J connectivity index is 2.58. The third-order valence-corrected chi connectivity index (χ3v) is 2.20. The van der Waals surface area contributed by atoms with E-state index < -0.39 is 0 Å². The van der Waals surface area contributed by atoms with Crippen LogP contribution in [0.15, 0.2) is 16.5 Å². The van der Waals surface area contributed by atoms with Crippen molar-refractivity contribution in [2.24, 2.45) is 0 Å². The Morgan fingerprint density at radius 3 is 2.53 bits per heavy atom. The monoisotopic (exact) mass is 210 g/mol. The van der Waals surface area contributed by atoms with Crippen LogP contribution in [-0.2, 0) is 21.4 Å². The van der Waals surface area contributed by atoms with Crippen molar-refractivity contribution in [2.75, 3.05) is 7.11 Å². The van der Waals surface area contributed by atoms with E-state index in [-0.39, 0.29) is 11.4 Å². The van der Waals surface area contributed by atoms with Gasteiger partial charge >= 0.3 is 5.97 Å². The van der Waals surface area contributed by atoms with Gasteiger partial charge in [0, 0.05) is 11.8 Å². The van der Waals surface area contributed by atoms with Gasteiger partial charge in [0.25, 0.3) is 0 Å². The molecule has 3 heteroatoms. The first kappa shape index (κ1) is 11.8. The van der Waals surface area contributed by atoms with Crippen molar-refractivity contribution in [3.63, 3.8) is 0 Å². The summed E-state index contributed by atoms with van der Waals surface area (Å²) in [4.78, 5) is 10.9. The van der Waals surface area contributed by atoms with Crippen LogP contribution in [0.3, 0.4) is 0 Å². The fourth-order valence-corrected chi connectivity index (χ4v) is 1.24. The van der Waals surface area contributed by atoms with Gasteiger partial charge in [-0.1, -0.05) is 20.8 Å². The van der Waals surface area contributed by atoms with Crippen molar-refractivity contribution in [1.29, 1.82) is 0 Å². The van der Waals surface area contributed by atoms with Gasteiger partial charge in [0.1, 0.15) is 11.5 Å². The summed E-state index contributed by atoms with van der Waals surface area (Å²) >= 11 is 0. The maximum atomic E-state index is 10.9. The van der Waals surface area contributed by atoms with Crippen LogP contribution < -0.4 is 0 Å². The quantitative estimate of drug-likeness (QED) is 0.720. The highest BCUT2D eigenvalue weighted by Gasteiger charge is 2.18. The van der Waals surface area contributed by atoms with Crippen LogP contribution in [0.1, 0.15) is 38.7 Å². The molecule has 3 nitrogen and oxygen atoms in total. The Morgan fingerprint density at radius 2 is 2.07 bits per heavy atom. The zero-order valence-corrected chi connectivity index (χ0v) is 9.79. The Bertz CT molecular complexity index is 331. The Labute approximate surface area is 90.4 Å². The topological polar surface area (TPSA) is 39.4 Å². The molecule has 0 fully saturated rings. The molecule has 1 rings (SSSR count). The molecule has 0 spiro atoms. The standard InChI is InChI=1S/C12H18O3/c1-12(2,3)10-7-5-9(15-10)6-8-11(13)14-4/h5,7H,6,8H2,1-4H3. The number of furan rings is 1. The predicted molar refractivity (Wildman–Crippen MR) is 57.7 cm³/mol. The van der Waals surface area contributed by atoms with E-state index >= 15 is 0 Å². The van der Waals surface area contributed by atoms with Crippen LogP contribution in [-0.4, -0.2) is 13.1 Å². The Kier molecular flexibility index (Phi) is 3.56. The minimum Gasteiger partial charge on any atom is -0.469 e. The number of hydrogen-bond donors (Lipinski definition) is 0. The molecule has 0 radical (unpaired) electrons. The van der Waals surface area contributed by atoms with Crippen molar-refractivity contribution < 1.29 is 13.9 Å². The van der Waals surface area contributed by atoms with E-state index in [2.05, 4.69) is 25.5 Å². The molecule has 0 aromatic carbocycles. The maximum absolute atomic E-state index is 10.9. The number of carbonyl (C=O) groups is 1. The second-order valence-electron chi connectivity index (χ2n) is 4.59. The van der Waals surface area contributed by atoms with Gasteiger partial charge in [-0.05, 0) is 12.1 Å². The van der Waals surface area contributed by atoms with Gasteiger partial charge in [0.15, 0.2) is 0 Å². The molecule has 0 saturated heterocycles. The lowest BCUT2D eigenvalue weighted by atomic mass is 9.94. The van der Waals surface area contributed by atoms with Crippen LogP contribution in [0.4, 0.5) is 0 Å². The van der Waals surface area contributed by atoms with Crippen LogP contribution in [0.25, 0.3) is 0 Å². The number of esters is 1. The minimum absolute atomic E-state index is 0.0174. The predicted octanol–water partition coefficient (Wildman–Crippen LogP) is 2.68. The van der Waals surface area contributed by atoms with Gasteiger partial charge in [0.05, 0.1) is 13.5 Å². The summed E-state index contributed by atoms with van der Waals surface area (Å²) in [6.07, 6.45) is 0.969. The van der Waals surface area contributed by atoms with Gasteiger partial charge < -0.3 is 9.15 Å². The highest BCUT2D eigenvalue weighted by Crippen LogP contribution is 2.24. The molecular formula is C12H18O3. The summed E-state index contributed by atoms with van der Waals surface area (Å²) in [5, 5.41) is 0. The fourth-order valence-electron chi connectivity index (χ4n) is 1.24. The summed E-state index contributed by atoms with van der Waals surface area (Å²) in [6, 6.07) is 3.89. The second kappa shape index (κ2) is 4.51. The van der Waals surface area contributed by atoms with Gasteiger partial charge in [-0.3, -0.25) is 4.79 Å². The average molecular weight is 210 g/mol. The van der Waals surface area contributed by atoms with Gasteiger partial charge in [-0.2, -0.15) is 0 Å². The van der Waals surface area contributed by atoms with Crippen molar-refractivity contribution in [1.82, 2.24) is 0 Å². The lowest BCUT2D eigenvalue weighted by Crippen LogP contribution is -2.09. The van der Waals surface area contributed by atoms with E-state index in [1.807, 2.05) is 12.1 Å². The molecule has 0 aliphatic rings. The number of rotatable bonds is 3. The smallest absolute Gasteiger partial charge is 0.305 e. The minimum atomic E-state index is -0.205. The molecule has 0 aliphatic carbocycles. The molecule has 0 saturated carbocycles. The summed E-state index contributed by atoms with van der Waals surface area (Å²) in [5.41, 5.74) is 0.0174. The van der Waals surface area contributed by atoms with Crippen molar-refractivity contribution in [3.8, 4) is 0 Å². The van der Waals surface area contributed by atoms with Crippen molar-refractivity contribution in [2.45, 2.75) is 39.0 Å². The van der Waals surface area contributed by atoms with Crippen molar-refractivity contribution in [3.05, 3.63) is 23.7 Å². The zero-order chi connectivity index (χ0) is 11.5. The van der Waals surface area contributed by atoms with E-state index in [1.54, 1.807) is 0 Å². The van der Waals surface area contributed by atoms with Crippen LogP contribution in [0.2, 0.25) is 0 Å². The number of aryl methyl sites for hydroxylation is 1. The lowest BCUT2D eigenvalue weighted by Gasteiger charge is -2.14. The molecule has 1 heterocycles. The number of methoxy groups -OCH3 is 1. The Hall–Kier alpha value is -1.25. The normalized spacial score (nSPS) is 11.5. The van der Waals surface area contributed by atoms with E-state index in [1.165, 1.54) is 7.11 Å². The molecule has 0 N–H and O–H groups in total. The van der Waals surface area contributed by atoms with E-state index in [0.717, 1.165) is 11.5 Å². The summed E-state index contributed by atoms with van der Waals surface area (Å²) in [5.74, 6) is 1.58. The highest BCUT2D eigenvalue weighted by molar-refractivity contribution is 5.69. The SMILES string of the molecule is COC(=O)CCc1ccc(C(C)(C)C)o1. The molecule has 15 heavy (non-hydrogen) atoms. The van der Waals surface area contributed by atoms with Gasteiger partial charge in [-0.15, -0.1) is 0 Å². The van der Waals surface area contributed by atoms with E-state index in [4.69, 9.17) is 4.42 Å². The largest absolute Gasteiger partial charge is 0.469 e. The van der Waals surface area contributed by atoms with E-state index in [9.17, 15) is 4.79 Å². The second-order valence-corrected chi connectivity index (χ2v) is 4.59. The maximum Gasteiger partial charge on any atom is 0.305 e. The first-order valence-electron chi connectivity index (χ1n) is 5.09. The molecule has 0 unspecified atom stereocenters. The lowest BCUT2D eigenvalue weighted by molar-refractivity contribution is -0.140. The van der Waals surface area contributed by atoms with Crippen LogP contribution in [0, 0.1) is 0 Å². The summed E-state index contributed by atoms with van der Waals surface area (Å²) < 4.78 is 10.2. The first-order valence-corrected chi connectivity index (χ1v) is 5.09. The first-order chi connectivity index (χ1) is 6.93. The third-order valence-electron chi connectivity index (χ3n) is 2.20. The van der Waals surface area contributed by atoms with Gasteiger partial charge in [0.2, 0.25) is 0 Å². The highest BCUT2D eigenvalue weighted by atomic mass is 16.5.